The maximum Gasteiger partial charge on any atom is 0.253 e. The van der Waals surface area contributed by atoms with E-state index in [1.165, 1.54) is 5.56 Å². The summed E-state index contributed by atoms with van der Waals surface area (Å²) in [6.07, 6.45) is 2.90. The van der Waals surface area contributed by atoms with Crippen molar-refractivity contribution in [1.82, 2.24) is 10.3 Å². The Morgan fingerprint density at radius 3 is 2.39 bits per heavy atom. The number of ether oxygens (including phenoxy) is 1. The maximum atomic E-state index is 12.7. The van der Waals surface area contributed by atoms with Gasteiger partial charge < -0.3 is 9.64 Å². The predicted octanol–water partition coefficient (Wildman–Crippen LogP) is 4.00. The summed E-state index contributed by atoms with van der Waals surface area (Å²) >= 11 is 0. The minimum atomic E-state index is -0.144. The Hall–Kier alpha value is -3.15. The van der Waals surface area contributed by atoms with Gasteiger partial charge in [-0.3, -0.25) is 9.59 Å². The van der Waals surface area contributed by atoms with Gasteiger partial charge in [-0.05, 0) is 47.6 Å². The molecule has 0 spiro atoms. The van der Waals surface area contributed by atoms with Gasteiger partial charge in [0.15, 0.2) is 0 Å². The van der Waals surface area contributed by atoms with Gasteiger partial charge in [0.1, 0.15) is 5.75 Å². The number of amides is 2. The largest absolute Gasteiger partial charge is 0.497 e. The van der Waals surface area contributed by atoms with Gasteiger partial charge in [-0.15, -0.1) is 0 Å². The number of methoxy groups -OCH3 is 1. The summed E-state index contributed by atoms with van der Waals surface area (Å²) in [5, 5.41) is 4.11. The molecule has 1 fully saturated rings. The Morgan fingerprint density at radius 2 is 1.77 bits per heavy atom. The van der Waals surface area contributed by atoms with E-state index < -0.39 is 0 Å². The number of nitrogens with zero attached hydrogens (tertiary/aromatic N) is 2. The van der Waals surface area contributed by atoms with Crippen LogP contribution in [0.25, 0.3) is 0 Å². The average Bonchev–Trinajstić information content (AvgIpc) is 2.78. The van der Waals surface area contributed by atoms with E-state index in [4.69, 9.17) is 4.74 Å². The first-order chi connectivity index (χ1) is 14.8. The second-order valence-electron chi connectivity index (χ2n) is 8.90. The second-order valence-corrected chi connectivity index (χ2v) is 8.90. The molecule has 1 heterocycles. The lowest BCUT2D eigenvalue weighted by Crippen LogP contribution is -2.42. The number of nitrogens with one attached hydrogen (secondary N) is 1. The highest BCUT2D eigenvalue weighted by Crippen LogP contribution is 2.22. The molecule has 0 unspecified atom stereocenters. The minimum absolute atomic E-state index is 0.0329. The van der Waals surface area contributed by atoms with Crippen molar-refractivity contribution in [2.75, 3.05) is 20.2 Å². The summed E-state index contributed by atoms with van der Waals surface area (Å²) < 4.78 is 5.19. The highest BCUT2D eigenvalue weighted by atomic mass is 16.5. The molecule has 1 aliphatic heterocycles. The third-order valence-corrected chi connectivity index (χ3v) is 5.63. The molecule has 31 heavy (non-hydrogen) atoms. The quantitative estimate of drug-likeness (QED) is 0.586. The Kier molecular flexibility index (Phi) is 7.10. The van der Waals surface area contributed by atoms with E-state index in [-0.39, 0.29) is 23.1 Å². The van der Waals surface area contributed by atoms with Crippen molar-refractivity contribution in [2.45, 2.75) is 39.0 Å². The molecule has 0 aromatic heterocycles. The van der Waals surface area contributed by atoms with Crippen molar-refractivity contribution >= 4 is 18.0 Å². The van der Waals surface area contributed by atoms with Gasteiger partial charge in [-0.2, -0.15) is 5.10 Å². The topological polar surface area (TPSA) is 71.0 Å². The summed E-state index contributed by atoms with van der Waals surface area (Å²) in [5.41, 5.74) is 5.54. The predicted molar refractivity (Wildman–Crippen MR) is 123 cm³/mol. The van der Waals surface area contributed by atoms with Crippen LogP contribution >= 0.6 is 0 Å². The number of hydrogen-bond donors (Lipinski definition) is 1. The summed E-state index contributed by atoms with van der Waals surface area (Å²) in [6, 6.07) is 15.3. The fraction of sp³-hybridized carbons (Fsp3) is 0.400. The third kappa shape index (κ3) is 5.94. The van der Waals surface area contributed by atoms with Crippen LogP contribution in [-0.2, 0) is 10.2 Å². The van der Waals surface area contributed by atoms with Crippen LogP contribution in [0.3, 0.4) is 0 Å². The van der Waals surface area contributed by atoms with Crippen LogP contribution < -0.4 is 10.2 Å². The molecule has 0 bridgehead atoms. The van der Waals surface area contributed by atoms with E-state index in [1.54, 1.807) is 36.4 Å². The summed E-state index contributed by atoms with van der Waals surface area (Å²) in [7, 11) is 1.58. The van der Waals surface area contributed by atoms with E-state index in [1.807, 2.05) is 18.2 Å². The van der Waals surface area contributed by atoms with Gasteiger partial charge in [0.25, 0.3) is 5.91 Å². The molecule has 2 aromatic carbocycles. The van der Waals surface area contributed by atoms with Crippen LogP contribution in [0.15, 0.2) is 53.6 Å². The Balaban J connectivity index is 1.48. The van der Waals surface area contributed by atoms with Gasteiger partial charge in [0.2, 0.25) is 5.91 Å². The molecule has 0 atom stereocenters. The minimum Gasteiger partial charge on any atom is -0.497 e. The first-order valence-corrected chi connectivity index (χ1v) is 10.6. The lowest BCUT2D eigenvalue weighted by Gasteiger charge is -2.31. The SMILES string of the molecule is COc1cccc(C(=O)N2CCC(C(=O)N/N=C\c3ccc(C(C)(C)C)cc3)CC2)c1. The first kappa shape index (κ1) is 22.5. The van der Waals surface area contributed by atoms with Crippen molar-refractivity contribution in [3.05, 3.63) is 65.2 Å². The molecule has 6 nitrogen and oxygen atoms in total. The Labute approximate surface area is 184 Å². The van der Waals surface area contributed by atoms with Crippen molar-refractivity contribution in [3.63, 3.8) is 0 Å². The number of carbonyl (C=O) groups excluding carboxylic acids is 2. The Bertz CT molecular complexity index is 937. The van der Waals surface area contributed by atoms with E-state index in [0.29, 0.717) is 37.2 Å². The number of hydrogen-bond acceptors (Lipinski definition) is 4. The van der Waals surface area contributed by atoms with Crippen LogP contribution in [0.2, 0.25) is 0 Å². The highest BCUT2D eigenvalue weighted by Gasteiger charge is 2.27. The molecule has 1 N–H and O–H groups in total. The van der Waals surface area contributed by atoms with Crippen molar-refractivity contribution in [1.29, 1.82) is 0 Å². The number of carbonyl (C=O) groups is 2. The van der Waals surface area contributed by atoms with Gasteiger partial charge in [0, 0.05) is 24.6 Å². The molecule has 3 rings (SSSR count). The average molecular weight is 422 g/mol. The van der Waals surface area contributed by atoms with E-state index in [2.05, 4.69) is 43.4 Å². The number of rotatable bonds is 5. The first-order valence-electron chi connectivity index (χ1n) is 10.6. The van der Waals surface area contributed by atoms with Crippen molar-refractivity contribution < 1.29 is 14.3 Å². The fourth-order valence-corrected chi connectivity index (χ4v) is 3.61. The van der Waals surface area contributed by atoms with Crippen LogP contribution in [-0.4, -0.2) is 43.1 Å². The van der Waals surface area contributed by atoms with E-state index >= 15 is 0 Å². The van der Waals surface area contributed by atoms with Crippen molar-refractivity contribution in [2.24, 2.45) is 11.0 Å². The zero-order chi connectivity index (χ0) is 22.4. The van der Waals surface area contributed by atoms with Crippen LogP contribution in [0.1, 0.15) is 55.1 Å². The van der Waals surface area contributed by atoms with Crippen molar-refractivity contribution in [3.8, 4) is 5.75 Å². The lowest BCUT2D eigenvalue weighted by atomic mass is 9.87. The number of hydrazone groups is 1. The molecule has 0 aliphatic carbocycles. The normalized spacial score (nSPS) is 15.2. The third-order valence-electron chi connectivity index (χ3n) is 5.63. The Morgan fingerprint density at radius 1 is 1.10 bits per heavy atom. The molecule has 1 aliphatic rings. The molecular formula is C25H31N3O3. The van der Waals surface area contributed by atoms with E-state index in [0.717, 1.165) is 5.56 Å². The van der Waals surface area contributed by atoms with Gasteiger partial charge in [-0.25, -0.2) is 5.43 Å². The standard InChI is InChI=1S/C25H31N3O3/c1-25(2,3)21-10-8-18(9-11-21)17-26-27-23(29)19-12-14-28(15-13-19)24(30)20-6-5-7-22(16-20)31-4/h5-11,16-17,19H,12-15H2,1-4H3,(H,27,29)/b26-17-. The highest BCUT2D eigenvalue weighted by molar-refractivity contribution is 5.94. The second kappa shape index (κ2) is 9.77. The number of benzene rings is 2. The molecule has 2 aromatic rings. The molecule has 1 saturated heterocycles. The molecule has 2 amide bonds. The molecule has 0 saturated carbocycles. The molecule has 0 radical (unpaired) electrons. The van der Waals surface area contributed by atoms with Gasteiger partial charge in [-0.1, -0.05) is 51.1 Å². The number of likely N-dealkylation sites (tertiary alicyclic amines) is 1. The fourth-order valence-electron chi connectivity index (χ4n) is 3.61. The smallest absolute Gasteiger partial charge is 0.253 e. The van der Waals surface area contributed by atoms with Crippen LogP contribution in [0.5, 0.6) is 5.75 Å². The number of piperidine rings is 1. The van der Waals surface area contributed by atoms with E-state index in [9.17, 15) is 9.59 Å². The maximum absolute atomic E-state index is 12.7. The zero-order valence-corrected chi connectivity index (χ0v) is 18.7. The van der Waals surface area contributed by atoms with Gasteiger partial charge in [0.05, 0.1) is 13.3 Å². The zero-order valence-electron chi connectivity index (χ0n) is 18.7. The summed E-state index contributed by atoms with van der Waals surface area (Å²) in [4.78, 5) is 27.0. The van der Waals surface area contributed by atoms with Gasteiger partial charge >= 0.3 is 0 Å². The van der Waals surface area contributed by atoms with Crippen LogP contribution in [0.4, 0.5) is 0 Å². The molecular weight excluding hydrogens is 390 g/mol. The molecule has 164 valence electrons. The molecule has 6 heteroatoms. The summed E-state index contributed by atoms with van der Waals surface area (Å²) in [6.45, 7) is 7.61. The monoisotopic (exact) mass is 421 g/mol. The lowest BCUT2D eigenvalue weighted by molar-refractivity contribution is -0.126. The van der Waals surface area contributed by atoms with Crippen LogP contribution in [0, 0.1) is 5.92 Å². The summed E-state index contributed by atoms with van der Waals surface area (Å²) in [5.74, 6) is 0.381.